The first-order valence-electron chi connectivity index (χ1n) is 9.60. The number of ether oxygens (including phenoxy) is 3. The maximum Gasteiger partial charge on any atom is 0.406 e. The third-order valence-electron chi connectivity index (χ3n) is 5.35. The fourth-order valence-corrected chi connectivity index (χ4v) is 3.81. The van der Waals surface area contributed by atoms with Gasteiger partial charge in [-0.25, -0.2) is 9.18 Å². The lowest BCUT2D eigenvalue weighted by molar-refractivity contribution is 0.154. The van der Waals surface area contributed by atoms with Crippen LogP contribution in [-0.4, -0.2) is 57.6 Å². The van der Waals surface area contributed by atoms with Crippen molar-refractivity contribution in [2.24, 2.45) is 0 Å². The first-order chi connectivity index (χ1) is 14.2. The Hall–Kier alpha value is -3.00. The molecule has 2 aliphatic rings. The number of rotatable bonds is 5. The van der Waals surface area contributed by atoms with Gasteiger partial charge in [0.15, 0.2) is 11.5 Å². The van der Waals surface area contributed by atoms with Crippen molar-refractivity contribution in [3.8, 4) is 11.5 Å². The molecule has 0 radical (unpaired) electrons. The molecule has 154 valence electrons. The van der Waals surface area contributed by atoms with Gasteiger partial charge in [0.1, 0.15) is 5.82 Å². The zero-order valence-corrected chi connectivity index (χ0v) is 16.3. The molecule has 1 fully saturated rings. The summed E-state index contributed by atoms with van der Waals surface area (Å²) in [4.78, 5) is 16.0. The molecule has 7 nitrogen and oxygen atoms in total. The monoisotopic (exact) mass is 401 g/mol. The number of carbonyl (C=O) groups is 1. The zero-order chi connectivity index (χ0) is 20.2. The Labute approximate surface area is 168 Å². The van der Waals surface area contributed by atoms with Gasteiger partial charge in [-0.2, -0.15) is 0 Å². The van der Waals surface area contributed by atoms with E-state index >= 15 is 0 Å². The van der Waals surface area contributed by atoms with Crippen LogP contribution in [0.15, 0.2) is 42.5 Å². The summed E-state index contributed by atoms with van der Waals surface area (Å²) in [5.41, 5.74) is 1.64. The summed E-state index contributed by atoms with van der Waals surface area (Å²) >= 11 is 0. The average Bonchev–Trinajstić information content (AvgIpc) is 3.22. The lowest BCUT2D eigenvalue weighted by Gasteiger charge is -2.40. The third kappa shape index (κ3) is 4.22. The molecule has 2 aromatic carbocycles. The standard InChI is InChI=1S/C21H24FN3O4/c1-27-21(26)23-13-18(15-6-7-19-20(12-15)29-14-28-19)25-10-8-24(9-11-25)17-5-3-2-4-16(17)22/h2-7,12,18H,8-11,13-14H2,1H3,(H,23,26)/t18-/m1/s1. The van der Waals surface area contributed by atoms with Gasteiger partial charge in [0.2, 0.25) is 6.79 Å². The predicted molar refractivity (Wildman–Crippen MR) is 106 cm³/mol. The molecule has 29 heavy (non-hydrogen) atoms. The van der Waals surface area contributed by atoms with Crippen molar-refractivity contribution in [1.29, 1.82) is 0 Å². The number of hydrogen-bond acceptors (Lipinski definition) is 6. The van der Waals surface area contributed by atoms with Gasteiger partial charge in [0.05, 0.1) is 18.8 Å². The fourth-order valence-electron chi connectivity index (χ4n) is 3.81. The number of alkyl carbamates (subject to hydrolysis) is 1. The number of halogens is 1. The van der Waals surface area contributed by atoms with Crippen LogP contribution in [0.3, 0.4) is 0 Å². The van der Waals surface area contributed by atoms with Gasteiger partial charge in [-0.3, -0.25) is 4.90 Å². The summed E-state index contributed by atoms with van der Waals surface area (Å²) in [7, 11) is 1.35. The van der Waals surface area contributed by atoms with E-state index in [1.165, 1.54) is 13.2 Å². The Bertz CT molecular complexity index is 871. The number of piperazine rings is 1. The normalized spacial score (nSPS) is 17.1. The van der Waals surface area contributed by atoms with E-state index in [2.05, 4.69) is 15.1 Å². The molecule has 0 saturated carbocycles. The Morgan fingerprint density at radius 2 is 1.90 bits per heavy atom. The third-order valence-corrected chi connectivity index (χ3v) is 5.35. The summed E-state index contributed by atoms with van der Waals surface area (Å²) in [6.07, 6.45) is -0.472. The van der Waals surface area contributed by atoms with Crippen LogP contribution in [-0.2, 0) is 4.74 Å². The molecule has 1 amide bonds. The highest BCUT2D eigenvalue weighted by atomic mass is 19.1. The molecule has 2 aromatic rings. The quantitative estimate of drug-likeness (QED) is 0.831. The number of anilines is 1. The van der Waals surface area contributed by atoms with Crippen LogP contribution in [0.5, 0.6) is 11.5 Å². The van der Waals surface area contributed by atoms with Crippen molar-refractivity contribution in [3.63, 3.8) is 0 Å². The summed E-state index contributed by atoms with van der Waals surface area (Å²) in [5, 5.41) is 2.80. The first-order valence-corrected chi connectivity index (χ1v) is 9.60. The Morgan fingerprint density at radius 3 is 2.66 bits per heavy atom. The van der Waals surface area contributed by atoms with E-state index in [0.717, 1.165) is 24.4 Å². The predicted octanol–water partition coefficient (Wildman–Crippen LogP) is 2.77. The molecule has 2 heterocycles. The zero-order valence-electron chi connectivity index (χ0n) is 16.3. The highest BCUT2D eigenvalue weighted by molar-refractivity contribution is 5.67. The van der Waals surface area contributed by atoms with E-state index in [9.17, 15) is 9.18 Å². The Kier molecular flexibility index (Phi) is 5.71. The van der Waals surface area contributed by atoms with Gasteiger partial charge in [-0.05, 0) is 29.8 Å². The van der Waals surface area contributed by atoms with E-state index in [0.29, 0.717) is 31.1 Å². The molecule has 2 aliphatic heterocycles. The lowest BCUT2D eigenvalue weighted by Crippen LogP contribution is -2.50. The maximum atomic E-state index is 14.1. The molecule has 4 rings (SSSR count). The van der Waals surface area contributed by atoms with E-state index in [1.54, 1.807) is 12.1 Å². The lowest BCUT2D eigenvalue weighted by atomic mass is 10.0. The van der Waals surface area contributed by atoms with E-state index in [1.807, 2.05) is 24.3 Å². The van der Waals surface area contributed by atoms with Gasteiger partial charge in [0.25, 0.3) is 0 Å². The molecule has 1 N–H and O–H groups in total. The summed E-state index contributed by atoms with van der Waals surface area (Å²) < 4.78 is 29.8. The van der Waals surface area contributed by atoms with Gasteiger partial charge in [-0.1, -0.05) is 18.2 Å². The Morgan fingerprint density at radius 1 is 1.14 bits per heavy atom. The number of nitrogens with zero attached hydrogens (tertiary/aromatic N) is 2. The van der Waals surface area contributed by atoms with Crippen LogP contribution in [0.4, 0.5) is 14.9 Å². The number of nitrogens with one attached hydrogen (secondary N) is 1. The van der Waals surface area contributed by atoms with Crippen LogP contribution in [0.1, 0.15) is 11.6 Å². The van der Waals surface area contributed by atoms with Gasteiger partial charge >= 0.3 is 6.09 Å². The van der Waals surface area contributed by atoms with Crippen LogP contribution >= 0.6 is 0 Å². The van der Waals surface area contributed by atoms with E-state index in [-0.39, 0.29) is 18.7 Å². The van der Waals surface area contributed by atoms with Crippen molar-refractivity contribution < 1.29 is 23.4 Å². The van der Waals surface area contributed by atoms with Crippen LogP contribution in [0.2, 0.25) is 0 Å². The molecule has 1 atom stereocenters. The smallest absolute Gasteiger partial charge is 0.406 e. The molecule has 8 heteroatoms. The number of amides is 1. The molecule has 0 unspecified atom stereocenters. The van der Waals surface area contributed by atoms with Crippen LogP contribution in [0.25, 0.3) is 0 Å². The van der Waals surface area contributed by atoms with Crippen molar-refractivity contribution >= 4 is 11.8 Å². The fraction of sp³-hybridized carbons (Fsp3) is 0.381. The minimum absolute atomic E-state index is 0.0635. The number of para-hydroxylation sites is 1. The number of benzene rings is 2. The van der Waals surface area contributed by atoms with Crippen molar-refractivity contribution in [2.75, 3.05) is 51.5 Å². The topological polar surface area (TPSA) is 63.3 Å². The van der Waals surface area contributed by atoms with Crippen molar-refractivity contribution in [3.05, 3.63) is 53.8 Å². The number of fused-ring (bicyclic) bond motifs is 1. The van der Waals surface area contributed by atoms with E-state index in [4.69, 9.17) is 14.2 Å². The highest BCUT2D eigenvalue weighted by Crippen LogP contribution is 2.35. The highest BCUT2D eigenvalue weighted by Gasteiger charge is 2.28. The Balaban J connectivity index is 1.49. The molecule has 0 spiro atoms. The van der Waals surface area contributed by atoms with Crippen LogP contribution in [0, 0.1) is 5.82 Å². The number of methoxy groups -OCH3 is 1. The maximum absolute atomic E-state index is 14.1. The van der Waals surface area contributed by atoms with Gasteiger partial charge in [0, 0.05) is 32.7 Å². The number of carbonyl (C=O) groups excluding carboxylic acids is 1. The van der Waals surface area contributed by atoms with Crippen molar-refractivity contribution in [2.45, 2.75) is 6.04 Å². The second kappa shape index (κ2) is 8.57. The minimum atomic E-state index is -0.472. The second-order valence-corrected chi connectivity index (χ2v) is 6.98. The number of hydrogen-bond donors (Lipinski definition) is 1. The van der Waals surface area contributed by atoms with Gasteiger partial charge < -0.3 is 24.4 Å². The average molecular weight is 401 g/mol. The second-order valence-electron chi connectivity index (χ2n) is 6.98. The minimum Gasteiger partial charge on any atom is -0.454 e. The van der Waals surface area contributed by atoms with Gasteiger partial charge in [-0.15, -0.1) is 0 Å². The first kappa shape index (κ1) is 19.3. The molecule has 0 aliphatic carbocycles. The molecule has 1 saturated heterocycles. The summed E-state index contributed by atoms with van der Waals surface area (Å²) in [6, 6.07) is 12.6. The largest absolute Gasteiger partial charge is 0.454 e. The molecule has 0 bridgehead atoms. The van der Waals surface area contributed by atoms with E-state index < -0.39 is 6.09 Å². The van der Waals surface area contributed by atoms with Crippen molar-refractivity contribution in [1.82, 2.24) is 10.2 Å². The molecular formula is C21H24FN3O4. The molecule has 0 aromatic heterocycles. The SMILES string of the molecule is COC(=O)NC[C@H](c1ccc2c(c1)OCO2)N1CCN(c2ccccc2F)CC1. The van der Waals surface area contributed by atoms with Crippen LogP contribution < -0.4 is 19.7 Å². The summed E-state index contributed by atoms with van der Waals surface area (Å²) in [6.45, 7) is 3.46. The summed E-state index contributed by atoms with van der Waals surface area (Å²) in [5.74, 6) is 1.22. The molecular weight excluding hydrogens is 377 g/mol.